The second kappa shape index (κ2) is 6.47. The molecule has 19 heavy (non-hydrogen) atoms. The quantitative estimate of drug-likeness (QED) is 0.557. The molecule has 0 saturated heterocycles. The number of halogens is 3. The van der Waals surface area contributed by atoms with E-state index in [0.717, 1.165) is 16.6 Å². The molecule has 0 unspecified atom stereocenters. The Bertz CT molecular complexity index is 618. The van der Waals surface area contributed by atoms with E-state index in [0.29, 0.717) is 9.13 Å². The smallest absolute Gasteiger partial charge is 0.256 e. The third-order valence-corrected chi connectivity index (χ3v) is 4.05. The molecule has 5 heteroatoms. The van der Waals surface area contributed by atoms with Crippen LogP contribution >= 0.6 is 38.5 Å². The second-order valence-corrected chi connectivity index (χ2v) is 5.64. The Balaban J connectivity index is 2.20. The Morgan fingerprint density at radius 3 is 2.74 bits per heavy atom. The summed E-state index contributed by atoms with van der Waals surface area (Å²) in [6.07, 6.45) is 0. The van der Waals surface area contributed by atoms with Gasteiger partial charge < -0.3 is 5.32 Å². The van der Waals surface area contributed by atoms with Gasteiger partial charge in [0.15, 0.2) is 0 Å². The Labute approximate surface area is 132 Å². The summed E-state index contributed by atoms with van der Waals surface area (Å²) in [4.78, 5) is 12.1. The molecule has 2 aromatic rings. The van der Waals surface area contributed by atoms with Crippen molar-refractivity contribution >= 4 is 50.1 Å². The molecule has 0 radical (unpaired) electrons. The van der Waals surface area contributed by atoms with E-state index in [1.165, 1.54) is 18.2 Å². The highest BCUT2D eigenvalue weighted by Gasteiger charge is 2.11. The van der Waals surface area contributed by atoms with Crippen molar-refractivity contribution in [2.24, 2.45) is 0 Å². The maximum Gasteiger partial charge on any atom is 0.256 e. The molecule has 98 valence electrons. The van der Waals surface area contributed by atoms with Gasteiger partial charge in [0.1, 0.15) is 5.82 Å². The number of amides is 1. The zero-order valence-corrected chi connectivity index (χ0v) is 13.5. The topological polar surface area (TPSA) is 29.1 Å². The van der Waals surface area contributed by atoms with Gasteiger partial charge in [0.05, 0.1) is 5.56 Å². The summed E-state index contributed by atoms with van der Waals surface area (Å²) in [5, 5.41) is 3.53. The van der Waals surface area contributed by atoms with E-state index >= 15 is 0 Å². The predicted octanol–water partition coefficient (Wildman–Crippen LogP) is 4.58. The van der Waals surface area contributed by atoms with Crippen molar-refractivity contribution < 1.29 is 9.18 Å². The first-order chi connectivity index (χ1) is 9.10. The summed E-state index contributed by atoms with van der Waals surface area (Å²) in [6.45, 7) is 0. The van der Waals surface area contributed by atoms with E-state index in [9.17, 15) is 9.18 Å². The van der Waals surface area contributed by atoms with Crippen LogP contribution in [0.15, 0.2) is 42.5 Å². The molecule has 1 amide bonds. The molecule has 0 spiro atoms. The van der Waals surface area contributed by atoms with Crippen molar-refractivity contribution in [3.63, 3.8) is 0 Å². The van der Waals surface area contributed by atoms with Gasteiger partial charge >= 0.3 is 0 Å². The lowest BCUT2D eigenvalue weighted by atomic mass is 10.2. The first-order valence-corrected chi connectivity index (χ1v) is 7.71. The first-order valence-electron chi connectivity index (χ1n) is 5.51. The Hall–Kier alpha value is -0.950. The van der Waals surface area contributed by atoms with Gasteiger partial charge in [-0.1, -0.05) is 28.1 Å². The van der Waals surface area contributed by atoms with E-state index in [-0.39, 0.29) is 11.7 Å². The SMILES string of the molecule is O=C(Nc1cccc(CBr)c1)c1ccc(F)cc1I. The molecule has 2 aromatic carbocycles. The first kappa shape index (κ1) is 14.5. The highest BCUT2D eigenvalue weighted by atomic mass is 127. The molecule has 0 saturated carbocycles. The zero-order valence-electron chi connectivity index (χ0n) is 9.79. The summed E-state index contributed by atoms with van der Waals surface area (Å²) in [5.74, 6) is -0.585. The molecule has 0 aliphatic carbocycles. The van der Waals surface area contributed by atoms with Crippen LogP contribution in [-0.4, -0.2) is 5.91 Å². The fraction of sp³-hybridized carbons (Fsp3) is 0.0714. The number of anilines is 1. The van der Waals surface area contributed by atoms with Crippen molar-refractivity contribution in [3.8, 4) is 0 Å². The monoisotopic (exact) mass is 433 g/mol. The highest BCUT2D eigenvalue weighted by molar-refractivity contribution is 14.1. The molecule has 0 aliphatic heterocycles. The summed E-state index contributed by atoms with van der Waals surface area (Å²) in [7, 11) is 0. The normalized spacial score (nSPS) is 10.3. The lowest BCUT2D eigenvalue weighted by Crippen LogP contribution is -2.13. The number of alkyl halides is 1. The van der Waals surface area contributed by atoms with Gasteiger partial charge in [-0.3, -0.25) is 4.79 Å². The molecule has 0 fully saturated rings. The molecule has 2 nitrogen and oxygen atoms in total. The van der Waals surface area contributed by atoms with Crippen LogP contribution in [0.25, 0.3) is 0 Å². The summed E-state index contributed by atoms with van der Waals surface area (Å²) >= 11 is 5.32. The van der Waals surface area contributed by atoms with Crippen LogP contribution in [0.4, 0.5) is 10.1 Å². The molecular formula is C14H10BrFINO. The lowest BCUT2D eigenvalue weighted by Gasteiger charge is -2.08. The van der Waals surface area contributed by atoms with E-state index in [1.54, 1.807) is 0 Å². The maximum atomic E-state index is 13.0. The van der Waals surface area contributed by atoms with Gasteiger partial charge in [-0.25, -0.2) is 4.39 Å². The van der Waals surface area contributed by atoms with Crippen LogP contribution in [0, 0.1) is 9.39 Å². The van der Waals surface area contributed by atoms with Gasteiger partial charge in [0.25, 0.3) is 5.91 Å². The van der Waals surface area contributed by atoms with Gasteiger partial charge in [-0.15, -0.1) is 0 Å². The van der Waals surface area contributed by atoms with E-state index < -0.39 is 0 Å². The average Bonchev–Trinajstić information content (AvgIpc) is 2.38. The average molecular weight is 434 g/mol. The Kier molecular flexibility index (Phi) is 4.93. The second-order valence-electron chi connectivity index (χ2n) is 3.91. The van der Waals surface area contributed by atoms with Crippen molar-refractivity contribution in [1.29, 1.82) is 0 Å². The molecular weight excluding hydrogens is 424 g/mol. The number of hydrogen-bond donors (Lipinski definition) is 1. The fourth-order valence-corrected chi connectivity index (χ4v) is 2.68. The number of benzene rings is 2. The third kappa shape index (κ3) is 3.76. The highest BCUT2D eigenvalue weighted by Crippen LogP contribution is 2.18. The van der Waals surface area contributed by atoms with E-state index in [1.807, 2.05) is 46.9 Å². The standard InChI is InChI=1S/C14H10BrFINO/c15-8-9-2-1-3-11(6-9)18-14(19)12-5-4-10(16)7-13(12)17/h1-7H,8H2,(H,18,19). The Morgan fingerprint density at radius 2 is 2.05 bits per heavy atom. The molecule has 1 N–H and O–H groups in total. The number of carbonyl (C=O) groups excluding carboxylic acids is 1. The number of carbonyl (C=O) groups is 1. The fourth-order valence-electron chi connectivity index (χ4n) is 1.60. The minimum Gasteiger partial charge on any atom is -0.322 e. The van der Waals surface area contributed by atoms with Crippen molar-refractivity contribution in [2.75, 3.05) is 5.32 Å². The van der Waals surface area contributed by atoms with Crippen LogP contribution < -0.4 is 5.32 Å². The van der Waals surface area contributed by atoms with Crippen LogP contribution in [0.5, 0.6) is 0 Å². The van der Waals surface area contributed by atoms with E-state index in [2.05, 4.69) is 21.2 Å². The van der Waals surface area contributed by atoms with Crippen LogP contribution in [-0.2, 0) is 5.33 Å². The van der Waals surface area contributed by atoms with Crippen LogP contribution in [0.2, 0.25) is 0 Å². The van der Waals surface area contributed by atoms with Gasteiger partial charge in [-0.2, -0.15) is 0 Å². The number of hydrogen-bond acceptors (Lipinski definition) is 1. The molecule has 0 heterocycles. The van der Waals surface area contributed by atoms with Crippen LogP contribution in [0.1, 0.15) is 15.9 Å². The zero-order chi connectivity index (χ0) is 13.8. The third-order valence-electron chi connectivity index (χ3n) is 2.51. The van der Waals surface area contributed by atoms with Crippen LogP contribution in [0.3, 0.4) is 0 Å². The number of rotatable bonds is 3. The summed E-state index contributed by atoms with van der Waals surface area (Å²) < 4.78 is 13.6. The van der Waals surface area contributed by atoms with Crippen molar-refractivity contribution in [3.05, 3.63) is 63.0 Å². The molecule has 0 aliphatic rings. The van der Waals surface area contributed by atoms with Gasteiger partial charge in [0, 0.05) is 14.6 Å². The minimum atomic E-state index is -0.345. The summed E-state index contributed by atoms with van der Waals surface area (Å²) in [5.41, 5.74) is 2.26. The largest absolute Gasteiger partial charge is 0.322 e. The molecule has 0 atom stereocenters. The minimum absolute atomic E-state index is 0.240. The molecule has 2 rings (SSSR count). The predicted molar refractivity (Wildman–Crippen MR) is 86.1 cm³/mol. The van der Waals surface area contributed by atoms with Crippen molar-refractivity contribution in [2.45, 2.75) is 5.33 Å². The Morgan fingerprint density at radius 1 is 1.26 bits per heavy atom. The molecule has 0 aromatic heterocycles. The molecule has 0 bridgehead atoms. The summed E-state index contributed by atoms with van der Waals surface area (Å²) in [6, 6.07) is 11.7. The maximum absolute atomic E-state index is 13.0. The van der Waals surface area contributed by atoms with Gasteiger partial charge in [-0.05, 0) is 58.5 Å². The lowest BCUT2D eigenvalue weighted by molar-refractivity contribution is 0.102. The van der Waals surface area contributed by atoms with Crippen molar-refractivity contribution in [1.82, 2.24) is 0 Å². The van der Waals surface area contributed by atoms with Gasteiger partial charge in [0.2, 0.25) is 0 Å². The van der Waals surface area contributed by atoms with E-state index in [4.69, 9.17) is 0 Å². The number of nitrogens with one attached hydrogen (secondary N) is 1.